The van der Waals surface area contributed by atoms with E-state index in [0.29, 0.717) is 11.4 Å². The molecule has 1 aromatic carbocycles. The van der Waals surface area contributed by atoms with Gasteiger partial charge in [-0.25, -0.2) is 0 Å². The Labute approximate surface area is 105 Å². The van der Waals surface area contributed by atoms with E-state index in [4.69, 9.17) is 14.7 Å². The average Bonchev–Trinajstić information content (AvgIpc) is 2.87. The summed E-state index contributed by atoms with van der Waals surface area (Å²) in [5, 5.41) is 15.5. The lowest BCUT2D eigenvalue weighted by atomic mass is 10.1. The molecule has 0 radical (unpaired) electrons. The maximum atomic E-state index is 8.78. The smallest absolute Gasteiger partial charge is 0.162 e. The lowest BCUT2D eigenvalue weighted by Crippen LogP contribution is -1.93. The van der Waals surface area contributed by atoms with E-state index in [2.05, 4.69) is 10.2 Å². The molecule has 1 aromatic heterocycles. The summed E-state index contributed by atoms with van der Waals surface area (Å²) in [5.41, 5.74) is 2.86. The molecule has 92 valence electrons. The van der Waals surface area contributed by atoms with Gasteiger partial charge in [0, 0.05) is 11.6 Å². The predicted molar refractivity (Wildman–Crippen MR) is 66.6 cm³/mol. The van der Waals surface area contributed by atoms with Crippen LogP contribution in [-0.2, 0) is 0 Å². The summed E-state index contributed by atoms with van der Waals surface area (Å²) in [6.45, 7) is 1.94. The van der Waals surface area contributed by atoms with Crippen molar-refractivity contribution in [3.05, 3.63) is 29.5 Å². The molecular weight excluding hydrogens is 230 g/mol. The maximum Gasteiger partial charge on any atom is 0.162 e. The Balaban J connectivity index is 2.58. The molecule has 0 aliphatic carbocycles. The molecule has 2 aromatic rings. The molecule has 0 spiro atoms. The van der Waals surface area contributed by atoms with Crippen LogP contribution in [0.25, 0.3) is 11.3 Å². The molecule has 0 amide bonds. The van der Waals surface area contributed by atoms with Gasteiger partial charge in [0.2, 0.25) is 0 Å². The van der Waals surface area contributed by atoms with E-state index < -0.39 is 0 Å². The highest BCUT2D eigenvalue weighted by Gasteiger charge is 2.12. The first-order valence-corrected chi connectivity index (χ1v) is 5.38. The average molecular weight is 243 g/mol. The molecule has 0 atom stereocenters. The Kier molecular flexibility index (Phi) is 3.20. The minimum Gasteiger partial charge on any atom is -0.496 e. The first-order chi connectivity index (χ1) is 8.69. The van der Waals surface area contributed by atoms with Crippen LogP contribution in [0.5, 0.6) is 11.5 Å². The number of aryl methyl sites for hydroxylation is 1. The number of methoxy groups -OCH3 is 2. The van der Waals surface area contributed by atoms with Crippen molar-refractivity contribution in [3.63, 3.8) is 0 Å². The lowest BCUT2D eigenvalue weighted by Gasteiger charge is -2.11. The zero-order chi connectivity index (χ0) is 13.1. The van der Waals surface area contributed by atoms with Crippen LogP contribution in [0.1, 0.15) is 11.3 Å². The summed E-state index contributed by atoms with van der Waals surface area (Å²) in [6, 6.07) is 7.41. The number of nitrogens with one attached hydrogen (secondary N) is 1. The van der Waals surface area contributed by atoms with Crippen molar-refractivity contribution in [1.29, 1.82) is 5.26 Å². The molecule has 0 saturated heterocycles. The zero-order valence-electron chi connectivity index (χ0n) is 10.4. The third kappa shape index (κ3) is 2.00. The van der Waals surface area contributed by atoms with E-state index in [1.54, 1.807) is 20.3 Å². The third-order valence-corrected chi connectivity index (χ3v) is 2.70. The fourth-order valence-electron chi connectivity index (χ4n) is 1.78. The van der Waals surface area contributed by atoms with E-state index in [1.165, 1.54) is 0 Å². The summed E-state index contributed by atoms with van der Waals surface area (Å²) in [5.74, 6) is 1.47. The number of nitrogens with zero attached hydrogens (tertiary/aromatic N) is 2. The van der Waals surface area contributed by atoms with Crippen molar-refractivity contribution in [2.75, 3.05) is 14.2 Å². The molecule has 1 N–H and O–H groups in total. The normalized spacial score (nSPS) is 9.89. The monoisotopic (exact) mass is 243 g/mol. The first kappa shape index (κ1) is 12.0. The molecule has 5 heteroatoms. The second-order valence-electron chi connectivity index (χ2n) is 3.80. The summed E-state index contributed by atoms with van der Waals surface area (Å²) < 4.78 is 10.6. The fraction of sp³-hybridized carbons (Fsp3) is 0.231. The van der Waals surface area contributed by atoms with Gasteiger partial charge in [-0.15, -0.1) is 0 Å². The standard InChI is InChI=1S/C13H13N3O2/c1-8-4-13(18-3)10(6-12(8)17-2)11-5-9(7-14)15-16-11/h4-6H,1-3H3,(H,15,16). The summed E-state index contributed by atoms with van der Waals surface area (Å²) >= 11 is 0. The minimum atomic E-state index is 0.339. The van der Waals surface area contributed by atoms with Gasteiger partial charge in [0.1, 0.15) is 17.6 Å². The lowest BCUT2D eigenvalue weighted by molar-refractivity contribution is 0.401. The van der Waals surface area contributed by atoms with E-state index in [-0.39, 0.29) is 0 Å². The molecule has 1 heterocycles. The van der Waals surface area contributed by atoms with Crippen LogP contribution in [-0.4, -0.2) is 24.4 Å². The van der Waals surface area contributed by atoms with Crippen LogP contribution in [0.15, 0.2) is 18.2 Å². The largest absolute Gasteiger partial charge is 0.496 e. The molecule has 0 unspecified atom stereocenters. The van der Waals surface area contributed by atoms with E-state index in [0.717, 1.165) is 22.6 Å². The number of aromatic amines is 1. The Morgan fingerprint density at radius 1 is 1.17 bits per heavy atom. The van der Waals surface area contributed by atoms with Crippen LogP contribution in [0.2, 0.25) is 0 Å². The number of ether oxygens (including phenoxy) is 2. The van der Waals surface area contributed by atoms with Gasteiger partial charge in [0.25, 0.3) is 0 Å². The third-order valence-electron chi connectivity index (χ3n) is 2.70. The van der Waals surface area contributed by atoms with Crippen molar-refractivity contribution >= 4 is 0 Å². The van der Waals surface area contributed by atoms with Gasteiger partial charge in [0.05, 0.1) is 19.9 Å². The SMILES string of the molecule is COc1cc(-c2cc(C#N)n[nH]2)c(OC)cc1C. The van der Waals surface area contributed by atoms with Gasteiger partial charge in [-0.2, -0.15) is 10.4 Å². The van der Waals surface area contributed by atoms with Crippen molar-refractivity contribution < 1.29 is 9.47 Å². The van der Waals surface area contributed by atoms with Gasteiger partial charge >= 0.3 is 0 Å². The summed E-state index contributed by atoms with van der Waals surface area (Å²) in [4.78, 5) is 0. The number of hydrogen-bond donors (Lipinski definition) is 1. The second kappa shape index (κ2) is 4.80. The van der Waals surface area contributed by atoms with E-state index in [1.807, 2.05) is 25.1 Å². The molecule has 18 heavy (non-hydrogen) atoms. The Hall–Kier alpha value is -2.48. The van der Waals surface area contributed by atoms with Crippen LogP contribution in [0.3, 0.4) is 0 Å². The molecule has 0 bridgehead atoms. The Morgan fingerprint density at radius 2 is 1.89 bits per heavy atom. The van der Waals surface area contributed by atoms with Crippen molar-refractivity contribution in [3.8, 4) is 28.8 Å². The summed E-state index contributed by atoms with van der Waals surface area (Å²) in [6.07, 6.45) is 0. The topological polar surface area (TPSA) is 70.9 Å². The molecular formula is C13H13N3O2. The number of aromatic nitrogens is 2. The van der Waals surface area contributed by atoms with E-state index >= 15 is 0 Å². The highest BCUT2D eigenvalue weighted by molar-refractivity contribution is 5.71. The van der Waals surface area contributed by atoms with Gasteiger partial charge in [-0.1, -0.05) is 0 Å². The maximum absolute atomic E-state index is 8.78. The van der Waals surface area contributed by atoms with Crippen molar-refractivity contribution in [2.45, 2.75) is 6.92 Å². The van der Waals surface area contributed by atoms with Crippen molar-refractivity contribution in [1.82, 2.24) is 10.2 Å². The highest BCUT2D eigenvalue weighted by Crippen LogP contribution is 2.34. The van der Waals surface area contributed by atoms with Crippen molar-refractivity contribution in [2.24, 2.45) is 0 Å². The molecule has 0 aliphatic heterocycles. The molecule has 0 fully saturated rings. The minimum absolute atomic E-state index is 0.339. The van der Waals surface area contributed by atoms with Gasteiger partial charge in [-0.05, 0) is 24.6 Å². The van der Waals surface area contributed by atoms with E-state index in [9.17, 15) is 0 Å². The number of nitriles is 1. The first-order valence-electron chi connectivity index (χ1n) is 5.38. The molecule has 0 aliphatic rings. The quantitative estimate of drug-likeness (QED) is 0.897. The van der Waals surface area contributed by atoms with Crippen LogP contribution in [0.4, 0.5) is 0 Å². The van der Waals surface area contributed by atoms with Gasteiger partial charge in [-0.3, -0.25) is 5.10 Å². The number of H-pyrrole nitrogens is 1. The fourth-order valence-corrected chi connectivity index (χ4v) is 1.78. The molecule has 0 saturated carbocycles. The molecule has 5 nitrogen and oxygen atoms in total. The number of rotatable bonds is 3. The van der Waals surface area contributed by atoms with Gasteiger partial charge in [0.15, 0.2) is 5.69 Å². The van der Waals surface area contributed by atoms with Crippen LogP contribution in [0, 0.1) is 18.3 Å². The predicted octanol–water partition coefficient (Wildman–Crippen LogP) is 2.27. The number of hydrogen-bond acceptors (Lipinski definition) is 4. The number of benzene rings is 1. The zero-order valence-corrected chi connectivity index (χ0v) is 10.4. The summed E-state index contributed by atoms with van der Waals surface area (Å²) in [7, 11) is 3.22. The van der Waals surface area contributed by atoms with Crippen LogP contribution < -0.4 is 9.47 Å². The van der Waals surface area contributed by atoms with Gasteiger partial charge < -0.3 is 9.47 Å². The highest BCUT2D eigenvalue weighted by atomic mass is 16.5. The Morgan fingerprint density at radius 3 is 2.44 bits per heavy atom. The molecule has 2 rings (SSSR count). The van der Waals surface area contributed by atoms with Crippen LogP contribution >= 0.6 is 0 Å². The second-order valence-corrected chi connectivity index (χ2v) is 3.80. The Bertz CT molecular complexity index is 611.